The van der Waals surface area contributed by atoms with E-state index in [-0.39, 0.29) is 12.3 Å². The number of carbonyl (C=O) groups is 3. The molecule has 0 aliphatic heterocycles. The Bertz CT molecular complexity index is 1160. The van der Waals surface area contributed by atoms with Crippen molar-refractivity contribution in [3.63, 3.8) is 0 Å². The molecule has 0 spiro atoms. The molecule has 0 bridgehead atoms. The largest absolute Gasteiger partial charge is 0.457 e. The minimum Gasteiger partial charge on any atom is -0.457 e. The zero-order valence-electron chi connectivity index (χ0n) is 19.1. The van der Waals surface area contributed by atoms with E-state index in [9.17, 15) is 14.4 Å². The van der Waals surface area contributed by atoms with Crippen molar-refractivity contribution in [2.45, 2.75) is 33.2 Å². The van der Waals surface area contributed by atoms with Crippen LogP contribution in [0, 0.1) is 0 Å². The molecule has 0 saturated carbocycles. The van der Waals surface area contributed by atoms with Crippen LogP contribution in [0.4, 0.5) is 0 Å². The number of benzene rings is 3. The predicted octanol–water partition coefficient (Wildman–Crippen LogP) is 5.46. The van der Waals surface area contributed by atoms with Crippen molar-refractivity contribution >= 4 is 33.8 Å². The zero-order valence-corrected chi connectivity index (χ0v) is 20.7. The fraction of sp³-hybridized carbons (Fsp3) is 0.222. The van der Waals surface area contributed by atoms with Gasteiger partial charge in [0.1, 0.15) is 11.5 Å². The summed E-state index contributed by atoms with van der Waals surface area (Å²) in [6, 6.07) is 22.7. The Labute approximate surface area is 207 Å². The highest BCUT2D eigenvalue weighted by Gasteiger charge is 2.15. The van der Waals surface area contributed by atoms with Gasteiger partial charge in [-0.1, -0.05) is 58.4 Å². The third kappa shape index (κ3) is 7.85. The Kier molecular flexibility index (Phi) is 8.99. The first kappa shape index (κ1) is 25.2. The summed E-state index contributed by atoms with van der Waals surface area (Å²) in [6.07, 6.45) is 0.713. The molecule has 1 amide bonds. The molecule has 3 aromatic carbocycles. The van der Waals surface area contributed by atoms with E-state index in [1.807, 2.05) is 48.5 Å². The summed E-state index contributed by atoms with van der Waals surface area (Å²) in [4.78, 5) is 36.9. The Morgan fingerprint density at radius 2 is 1.62 bits per heavy atom. The van der Waals surface area contributed by atoms with Gasteiger partial charge in [-0.05, 0) is 47.9 Å². The van der Waals surface area contributed by atoms with E-state index in [0.717, 1.165) is 16.5 Å². The van der Waals surface area contributed by atoms with Gasteiger partial charge in [-0.25, -0.2) is 0 Å². The Hall–Kier alpha value is -3.45. The fourth-order valence-electron chi connectivity index (χ4n) is 3.44. The van der Waals surface area contributed by atoms with Crippen molar-refractivity contribution in [3.8, 4) is 11.5 Å². The third-order valence-corrected chi connectivity index (χ3v) is 5.57. The van der Waals surface area contributed by atoms with E-state index in [4.69, 9.17) is 4.74 Å². The van der Waals surface area contributed by atoms with Crippen LogP contribution in [0.25, 0.3) is 0 Å². The topological polar surface area (TPSA) is 72.9 Å². The minimum atomic E-state index is -0.640. The van der Waals surface area contributed by atoms with Crippen LogP contribution in [-0.2, 0) is 38.5 Å². The zero-order chi connectivity index (χ0) is 24.5. The molecule has 0 atom stereocenters. The van der Waals surface area contributed by atoms with Crippen molar-refractivity contribution in [1.82, 2.24) is 4.90 Å². The van der Waals surface area contributed by atoms with E-state index < -0.39 is 11.9 Å². The number of halogens is 1. The van der Waals surface area contributed by atoms with Crippen LogP contribution in [0.1, 0.15) is 30.5 Å². The predicted molar refractivity (Wildman–Crippen MR) is 132 cm³/mol. The van der Waals surface area contributed by atoms with Crippen LogP contribution < -0.4 is 4.74 Å². The van der Waals surface area contributed by atoms with E-state index in [1.165, 1.54) is 12.5 Å². The molecule has 0 aliphatic rings. The summed E-state index contributed by atoms with van der Waals surface area (Å²) in [5, 5.41) is 0. The normalized spacial score (nSPS) is 10.4. The molecule has 0 heterocycles. The molecule has 3 rings (SSSR count). The highest BCUT2D eigenvalue weighted by Crippen LogP contribution is 2.30. The summed E-state index contributed by atoms with van der Waals surface area (Å²) < 4.78 is 11.6. The molecule has 34 heavy (non-hydrogen) atoms. The highest BCUT2D eigenvalue weighted by atomic mass is 79.9. The number of nitrogens with zero attached hydrogens (tertiary/aromatic N) is 1. The monoisotopic (exact) mass is 523 g/mol. The van der Waals surface area contributed by atoms with Crippen molar-refractivity contribution in [1.29, 1.82) is 0 Å². The first-order valence-electron chi connectivity index (χ1n) is 10.9. The molecule has 0 aromatic heterocycles. The lowest BCUT2D eigenvalue weighted by Crippen LogP contribution is -2.30. The molecule has 0 N–H and O–H groups in total. The van der Waals surface area contributed by atoms with E-state index in [2.05, 4.69) is 20.7 Å². The number of carbonyl (C=O) groups excluding carboxylic acids is 3. The van der Waals surface area contributed by atoms with Crippen LogP contribution in [0.15, 0.2) is 77.3 Å². The second kappa shape index (κ2) is 12.1. The fourth-order valence-corrected chi connectivity index (χ4v) is 3.85. The molecule has 6 nitrogen and oxygen atoms in total. The first-order chi connectivity index (χ1) is 16.3. The molecule has 0 fully saturated rings. The van der Waals surface area contributed by atoms with Crippen LogP contribution in [0.5, 0.6) is 11.5 Å². The third-order valence-electron chi connectivity index (χ3n) is 5.07. The molecule has 0 saturated heterocycles. The minimum absolute atomic E-state index is 0.0205. The molecule has 0 unspecified atom stereocenters. The molecular formula is C27H26BrNO5. The summed E-state index contributed by atoms with van der Waals surface area (Å²) in [5.74, 6) is -0.135. The van der Waals surface area contributed by atoms with Gasteiger partial charge in [-0.15, -0.1) is 0 Å². The SMILES string of the molecule is CC(=O)OC(=O)Cc1cccc(Oc2ccc(Br)cc2CN(CCc2ccccc2)C(C)=O)c1. The van der Waals surface area contributed by atoms with Gasteiger partial charge < -0.3 is 14.4 Å². The number of hydrogen-bond acceptors (Lipinski definition) is 5. The molecule has 176 valence electrons. The van der Waals surface area contributed by atoms with Gasteiger partial charge in [-0.3, -0.25) is 14.4 Å². The van der Waals surface area contributed by atoms with Gasteiger partial charge in [0.15, 0.2) is 0 Å². The smallest absolute Gasteiger partial charge is 0.317 e. The van der Waals surface area contributed by atoms with Crippen LogP contribution in [-0.4, -0.2) is 29.3 Å². The Morgan fingerprint density at radius 3 is 2.32 bits per heavy atom. The average Bonchev–Trinajstić information content (AvgIpc) is 2.78. The lowest BCUT2D eigenvalue weighted by molar-refractivity contribution is -0.157. The number of hydrogen-bond donors (Lipinski definition) is 0. The van der Waals surface area contributed by atoms with Crippen molar-refractivity contribution in [3.05, 3.63) is 94.0 Å². The first-order valence-corrected chi connectivity index (χ1v) is 11.7. The van der Waals surface area contributed by atoms with E-state index in [0.29, 0.717) is 30.2 Å². The van der Waals surface area contributed by atoms with Crippen LogP contribution >= 0.6 is 15.9 Å². The molecule has 7 heteroatoms. The summed E-state index contributed by atoms with van der Waals surface area (Å²) in [7, 11) is 0. The standard InChI is InChI=1S/C27H26BrNO5/c1-19(30)29(14-13-21-7-4-3-5-8-21)18-23-17-24(28)11-12-26(23)34-25-10-6-9-22(15-25)16-27(32)33-20(2)31/h3-12,15,17H,13-14,16,18H2,1-2H3. The highest BCUT2D eigenvalue weighted by molar-refractivity contribution is 9.10. The van der Waals surface area contributed by atoms with Crippen LogP contribution in [0.2, 0.25) is 0 Å². The van der Waals surface area contributed by atoms with Gasteiger partial charge in [0.2, 0.25) is 5.91 Å². The van der Waals surface area contributed by atoms with E-state index >= 15 is 0 Å². The van der Waals surface area contributed by atoms with Gasteiger partial charge in [0.25, 0.3) is 0 Å². The molecular weight excluding hydrogens is 498 g/mol. The van der Waals surface area contributed by atoms with Crippen LogP contribution in [0.3, 0.4) is 0 Å². The number of ether oxygens (including phenoxy) is 2. The van der Waals surface area contributed by atoms with Gasteiger partial charge in [0.05, 0.1) is 6.42 Å². The lowest BCUT2D eigenvalue weighted by atomic mass is 10.1. The van der Waals surface area contributed by atoms with Crippen molar-refractivity contribution in [2.75, 3.05) is 6.54 Å². The lowest BCUT2D eigenvalue weighted by Gasteiger charge is -2.23. The maximum absolute atomic E-state index is 12.4. The van der Waals surface area contributed by atoms with Gasteiger partial charge in [-0.2, -0.15) is 0 Å². The van der Waals surface area contributed by atoms with E-state index in [1.54, 1.807) is 36.1 Å². The molecule has 0 radical (unpaired) electrons. The summed E-state index contributed by atoms with van der Waals surface area (Å²) in [5.41, 5.74) is 2.68. The Morgan fingerprint density at radius 1 is 0.882 bits per heavy atom. The summed E-state index contributed by atoms with van der Waals surface area (Å²) >= 11 is 3.50. The number of esters is 2. The maximum Gasteiger partial charge on any atom is 0.317 e. The van der Waals surface area contributed by atoms with Gasteiger partial charge in [0, 0.05) is 37.0 Å². The second-order valence-corrected chi connectivity index (χ2v) is 8.74. The molecule has 0 aliphatic carbocycles. The maximum atomic E-state index is 12.4. The molecule has 3 aromatic rings. The Balaban J connectivity index is 1.75. The second-order valence-electron chi connectivity index (χ2n) is 7.82. The van der Waals surface area contributed by atoms with Crippen molar-refractivity contribution in [2.24, 2.45) is 0 Å². The number of rotatable bonds is 9. The quantitative estimate of drug-likeness (QED) is 0.275. The summed E-state index contributed by atoms with van der Waals surface area (Å²) in [6.45, 7) is 3.73. The number of amides is 1. The van der Waals surface area contributed by atoms with Crippen molar-refractivity contribution < 1.29 is 23.9 Å². The van der Waals surface area contributed by atoms with Gasteiger partial charge >= 0.3 is 11.9 Å². The average molecular weight is 524 g/mol.